The van der Waals surface area contributed by atoms with Crippen LogP contribution >= 0.6 is 0 Å². The molecule has 0 fully saturated rings. The molecular formula is C17H19N3O3. The van der Waals surface area contributed by atoms with Crippen LogP contribution in [0, 0.1) is 11.3 Å². The van der Waals surface area contributed by atoms with E-state index in [-0.39, 0.29) is 18.1 Å². The molecule has 6 nitrogen and oxygen atoms in total. The SMILES string of the molecule is CCCC1=C(C(=O)OCC)[C@@H](c2ccncc2)C(C#N)=C(N)O1. The van der Waals surface area contributed by atoms with Gasteiger partial charge in [-0.3, -0.25) is 4.98 Å². The van der Waals surface area contributed by atoms with Crippen LogP contribution < -0.4 is 5.73 Å². The Morgan fingerprint density at radius 2 is 2.13 bits per heavy atom. The van der Waals surface area contributed by atoms with Gasteiger partial charge in [0.1, 0.15) is 17.4 Å². The summed E-state index contributed by atoms with van der Waals surface area (Å²) in [6.07, 6.45) is 4.53. The molecule has 0 aliphatic carbocycles. The highest BCUT2D eigenvalue weighted by atomic mass is 16.5. The number of hydrogen-bond acceptors (Lipinski definition) is 6. The van der Waals surface area contributed by atoms with Crippen molar-refractivity contribution in [2.24, 2.45) is 5.73 Å². The summed E-state index contributed by atoms with van der Waals surface area (Å²) in [5.74, 6) is -0.592. The molecule has 0 saturated heterocycles. The van der Waals surface area contributed by atoms with Crippen molar-refractivity contribution in [1.29, 1.82) is 5.26 Å². The molecule has 0 bridgehead atoms. The number of carbonyl (C=O) groups is 1. The largest absolute Gasteiger partial charge is 0.463 e. The fraction of sp³-hybridized carbons (Fsp3) is 0.353. The molecule has 0 aromatic carbocycles. The van der Waals surface area contributed by atoms with Crippen molar-refractivity contribution in [3.05, 3.63) is 52.9 Å². The monoisotopic (exact) mass is 313 g/mol. The summed E-state index contributed by atoms with van der Waals surface area (Å²) in [6.45, 7) is 3.95. The average Bonchev–Trinajstić information content (AvgIpc) is 2.55. The van der Waals surface area contributed by atoms with Crippen LogP contribution in [0.1, 0.15) is 38.2 Å². The van der Waals surface area contributed by atoms with E-state index in [1.54, 1.807) is 31.5 Å². The quantitative estimate of drug-likeness (QED) is 0.839. The van der Waals surface area contributed by atoms with Crippen LogP contribution in [-0.2, 0) is 14.3 Å². The number of nitrogens with two attached hydrogens (primary N) is 1. The van der Waals surface area contributed by atoms with Crippen molar-refractivity contribution in [2.45, 2.75) is 32.6 Å². The summed E-state index contributed by atoms with van der Waals surface area (Å²) in [5.41, 5.74) is 7.20. The van der Waals surface area contributed by atoms with Gasteiger partial charge in [-0.25, -0.2) is 4.79 Å². The van der Waals surface area contributed by atoms with Crippen LogP contribution in [0.4, 0.5) is 0 Å². The standard InChI is InChI=1S/C17H19N3O3/c1-3-5-13-15(17(21)22-4-2)14(11-6-8-20-9-7-11)12(10-18)16(19)23-13/h6-9,14H,3-5,19H2,1-2H3/t14-/m0/s1. The number of nitriles is 1. The lowest BCUT2D eigenvalue weighted by molar-refractivity contribution is -0.139. The Hall–Kier alpha value is -2.81. The number of carbonyl (C=O) groups excluding carboxylic acids is 1. The third-order valence-corrected chi connectivity index (χ3v) is 3.51. The molecule has 0 radical (unpaired) electrons. The van der Waals surface area contributed by atoms with Gasteiger partial charge in [-0.15, -0.1) is 0 Å². The maximum atomic E-state index is 12.5. The van der Waals surface area contributed by atoms with Gasteiger partial charge in [-0.1, -0.05) is 6.92 Å². The molecule has 1 aliphatic heterocycles. The van der Waals surface area contributed by atoms with Gasteiger partial charge in [-0.2, -0.15) is 5.26 Å². The summed E-state index contributed by atoms with van der Waals surface area (Å²) in [6, 6.07) is 5.57. The molecule has 6 heteroatoms. The van der Waals surface area contributed by atoms with Gasteiger partial charge < -0.3 is 15.2 Å². The lowest BCUT2D eigenvalue weighted by atomic mass is 9.83. The van der Waals surface area contributed by atoms with Gasteiger partial charge in [0.15, 0.2) is 0 Å². The Kier molecular flexibility index (Phi) is 5.36. The van der Waals surface area contributed by atoms with Crippen LogP contribution in [0.25, 0.3) is 0 Å². The maximum Gasteiger partial charge on any atom is 0.338 e. The zero-order valence-corrected chi connectivity index (χ0v) is 13.2. The molecule has 2 N–H and O–H groups in total. The Labute approximate surface area is 135 Å². The predicted molar refractivity (Wildman–Crippen MR) is 83.5 cm³/mol. The molecule has 1 aliphatic rings. The first-order chi connectivity index (χ1) is 11.1. The van der Waals surface area contributed by atoms with Crippen molar-refractivity contribution < 1.29 is 14.3 Å². The van der Waals surface area contributed by atoms with E-state index in [2.05, 4.69) is 11.1 Å². The number of aromatic nitrogens is 1. The highest BCUT2D eigenvalue weighted by molar-refractivity contribution is 5.92. The molecular weight excluding hydrogens is 294 g/mol. The lowest BCUT2D eigenvalue weighted by Gasteiger charge is -2.28. The van der Waals surface area contributed by atoms with Gasteiger partial charge in [-0.05, 0) is 31.0 Å². The van der Waals surface area contributed by atoms with Gasteiger partial charge in [0.2, 0.25) is 5.88 Å². The third-order valence-electron chi connectivity index (χ3n) is 3.51. The second kappa shape index (κ2) is 7.45. The highest BCUT2D eigenvalue weighted by Gasteiger charge is 2.37. The first kappa shape index (κ1) is 16.6. The first-order valence-corrected chi connectivity index (χ1v) is 7.51. The zero-order chi connectivity index (χ0) is 16.8. The Bertz CT molecular complexity index is 687. The van der Waals surface area contributed by atoms with Crippen molar-refractivity contribution in [2.75, 3.05) is 6.61 Å². The van der Waals surface area contributed by atoms with Gasteiger partial charge >= 0.3 is 5.97 Å². The minimum absolute atomic E-state index is 0.0332. The fourth-order valence-corrected chi connectivity index (χ4v) is 2.55. The number of esters is 1. The van der Waals surface area contributed by atoms with Crippen molar-refractivity contribution in [3.8, 4) is 6.07 Å². The van der Waals surface area contributed by atoms with Crippen LogP contribution in [-0.4, -0.2) is 17.6 Å². The molecule has 2 heterocycles. The molecule has 0 unspecified atom stereocenters. The summed E-state index contributed by atoms with van der Waals surface area (Å²) in [4.78, 5) is 16.5. The molecule has 1 aromatic rings. The second-order valence-electron chi connectivity index (χ2n) is 5.01. The fourth-order valence-electron chi connectivity index (χ4n) is 2.55. The van der Waals surface area contributed by atoms with Crippen LogP contribution in [0.3, 0.4) is 0 Å². The summed E-state index contributed by atoms with van der Waals surface area (Å²) in [7, 11) is 0. The van der Waals surface area contributed by atoms with E-state index < -0.39 is 11.9 Å². The molecule has 120 valence electrons. The minimum atomic E-state index is -0.600. The van der Waals surface area contributed by atoms with Crippen LogP contribution in [0.5, 0.6) is 0 Å². The molecule has 0 spiro atoms. The normalized spacial score (nSPS) is 17.5. The summed E-state index contributed by atoms with van der Waals surface area (Å²) in [5, 5.41) is 9.48. The molecule has 1 atom stereocenters. The molecule has 0 amide bonds. The minimum Gasteiger partial charge on any atom is -0.463 e. The number of pyridine rings is 1. The van der Waals surface area contributed by atoms with Crippen molar-refractivity contribution in [3.63, 3.8) is 0 Å². The molecule has 23 heavy (non-hydrogen) atoms. The van der Waals surface area contributed by atoms with E-state index in [1.165, 1.54) is 0 Å². The average molecular weight is 313 g/mol. The highest BCUT2D eigenvalue weighted by Crippen LogP contribution is 2.40. The summed E-state index contributed by atoms with van der Waals surface area (Å²) < 4.78 is 10.7. The molecule has 2 rings (SSSR count). The predicted octanol–water partition coefficient (Wildman–Crippen LogP) is 2.51. The zero-order valence-electron chi connectivity index (χ0n) is 13.2. The van der Waals surface area contributed by atoms with E-state index in [0.29, 0.717) is 17.8 Å². The van der Waals surface area contributed by atoms with E-state index in [9.17, 15) is 10.1 Å². The Balaban J connectivity index is 2.62. The Morgan fingerprint density at radius 1 is 1.43 bits per heavy atom. The molecule has 0 saturated carbocycles. The van der Waals surface area contributed by atoms with Crippen molar-refractivity contribution >= 4 is 5.97 Å². The van der Waals surface area contributed by atoms with E-state index in [0.717, 1.165) is 12.0 Å². The molecule has 1 aromatic heterocycles. The lowest BCUT2D eigenvalue weighted by Crippen LogP contribution is -2.26. The van der Waals surface area contributed by atoms with Crippen molar-refractivity contribution in [1.82, 2.24) is 4.98 Å². The second-order valence-corrected chi connectivity index (χ2v) is 5.01. The van der Waals surface area contributed by atoms with E-state index in [4.69, 9.17) is 15.2 Å². The van der Waals surface area contributed by atoms with Gasteiger partial charge in [0.25, 0.3) is 0 Å². The van der Waals surface area contributed by atoms with E-state index in [1.807, 2.05) is 6.92 Å². The number of allylic oxidation sites excluding steroid dienone is 2. The third kappa shape index (κ3) is 3.34. The van der Waals surface area contributed by atoms with E-state index >= 15 is 0 Å². The van der Waals surface area contributed by atoms with Gasteiger partial charge in [0.05, 0.1) is 18.1 Å². The number of rotatable bonds is 5. The number of hydrogen-bond donors (Lipinski definition) is 1. The first-order valence-electron chi connectivity index (χ1n) is 7.51. The van der Waals surface area contributed by atoms with Gasteiger partial charge in [0, 0.05) is 18.8 Å². The van der Waals surface area contributed by atoms with Crippen LogP contribution in [0.15, 0.2) is 47.3 Å². The number of ether oxygens (including phenoxy) is 2. The Morgan fingerprint density at radius 3 is 2.70 bits per heavy atom. The summed E-state index contributed by atoms with van der Waals surface area (Å²) >= 11 is 0. The number of nitrogens with zero attached hydrogens (tertiary/aromatic N) is 2. The topological polar surface area (TPSA) is 98.2 Å². The maximum absolute atomic E-state index is 12.5. The van der Waals surface area contributed by atoms with Crippen LogP contribution in [0.2, 0.25) is 0 Å². The smallest absolute Gasteiger partial charge is 0.338 e.